The van der Waals surface area contributed by atoms with Gasteiger partial charge in [0, 0.05) is 6.54 Å². The second kappa shape index (κ2) is 5.11. The summed E-state index contributed by atoms with van der Waals surface area (Å²) in [7, 11) is 0. The summed E-state index contributed by atoms with van der Waals surface area (Å²) in [6.07, 6.45) is 1.39. The molecule has 8 nitrogen and oxygen atoms in total. The number of ether oxygens (including phenoxy) is 1. The largest absolute Gasteiger partial charge is 0.394 e. The van der Waals surface area contributed by atoms with Crippen LogP contribution in [0.1, 0.15) is 0 Å². The van der Waals surface area contributed by atoms with Gasteiger partial charge >= 0.3 is 0 Å². The van der Waals surface area contributed by atoms with E-state index in [0.717, 1.165) is 0 Å². The molecule has 2 rings (SSSR count). The maximum atomic E-state index is 12.0. The maximum absolute atomic E-state index is 12.0. The Morgan fingerprint density at radius 3 is 3.18 bits per heavy atom. The first-order valence-corrected chi connectivity index (χ1v) is 5.34. The summed E-state index contributed by atoms with van der Waals surface area (Å²) in [5, 5.41) is 16.8. The average Bonchev–Trinajstić information content (AvgIpc) is 2.74. The number of morpholine rings is 1. The number of anilines is 1. The molecule has 1 unspecified atom stereocenters. The number of aliphatic hydroxyl groups excluding tert-OH is 1. The Hall–Kier alpha value is -1.67. The number of rotatable bonds is 3. The highest BCUT2D eigenvalue weighted by Crippen LogP contribution is 2.07. The van der Waals surface area contributed by atoms with Gasteiger partial charge in [-0.3, -0.25) is 4.79 Å². The second-order valence-electron chi connectivity index (χ2n) is 3.80. The van der Waals surface area contributed by atoms with E-state index in [9.17, 15) is 4.79 Å². The number of hydrogen-bond donors (Lipinski definition) is 2. The molecule has 8 heteroatoms. The molecule has 0 radical (unpaired) electrons. The molecule has 1 aliphatic heterocycles. The maximum Gasteiger partial charge on any atom is 0.246 e. The van der Waals surface area contributed by atoms with Crippen molar-refractivity contribution < 1.29 is 14.6 Å². The number of nitrogens with two attached hydrogens (primary N) is 1. The van der Waals surface area contributed by atoms with Crippen LogP contribution in [0.3, 0.4) is 0 Å². The molecule has 0 bridgehead atoms. The molecule has 1 aromatic heterocycles. The molecule has 2 heterocycles. The van der Waals surface area contributed by atoms with Crippen molar-refractivity contribution in [3.8, 4) is 0 Å². The standard InChI is InChI=1S/C9H15N5O3/c10-8-3-11-14(12-8)4-9(16)13-1-2-17-6-7(13)5-15/h3,7,15H,1-2,4-6H2,(H2,10,12). The molecule has 0 spiro atoms. The summed E-state index contributed by atoms with van der Waals surface area (Å²) in [5.41, 5.74) is 5.41. The lowest BCUT2D eigenvalue weighted by atomic mass is 10.2. The van der Waals surface area contributed by atoms with Crippen LogP contribution in [-0.2, 0) is 16.1 Å². The van der Waals surface area contributed by atoms with Crippen LogP contribution in [0.15, 0.2) is 6.20 Å². The van der Waals surface area contributed by atoms with Crippen LogP contribution in [0, 0.1) is 0 Å². The highest BCUT2D eigenvalue weighted by atomic mass is 16.5. The van der Waals surface area contributed by atoms with Crippen LogP contribution in [0.25, 0.3) is 0 Å². The number of hydrogen-bond acceptors (Lipinski definition) is 6. The first-order chi connectivity index (χ1) is 8.20. The number of carbonyl (C=O) groups excluding carboxylic acids is 1. The summed E-state index contributed by atoms with van der Waals surface area (Å²) in [6.45, 7) is 1.22. The highest BCUT2D eigenvalue weighted by molar-refractivity contribution is 5.76. The van der Waals surface area contributed by atoms with Crippen molar-refractivity contribution in [1.29, 1.82) is 0 Å². The molecular formula is C9H15N5O3. The zero-order valence-electron chi connectivity index (χ0n) is 9.32. The molecule has 1 amide bonds. The van der Waals surface area contributed by atoms with Crippen molar-refractivity contribution in [2.24, 2.45) is 0 Å². The van der Waals surface area contributed by atoms with Crippen molar-refractivity contribution >= 4 is 11.7 Å². The van der Waals surface area contributed by atoms with E-state index >= 15 is 0 Å². The third-order valence-corrected chi connectivity index (χ3v) is 2.59. The lowest BCUT2D eigenvalue weighted by Crippen LogP contribution is -2.51. The number of aromatic nitrogens is 3. The van der Waals surface area contributed by atoms with Gasteiger partial charge in [0.2, 0.25) is 5.91 Å². The monoisotopic (exact) mass is 241 g/mol. The fourth-order valence-corrected chi connectivity index (χ4v) is 1.73. The van der Waals surface area contributed by atoms with Gasteiger partial charge in [-0.2, -0.15) is 9.90 Å². The quantitative estimate of drug-likeness (QED) is 0.639. The molecule has 94 valence electrons. The van der Waals surface area contributed by atoms with E-state index in [4.69, 9.17) is 15.6 Å². The van der Waals surface area contributed by atoms with Gasteiger partial charge in [-0.15, -0.1) is 5.10 Å². The first kappa shape index (κ1) is 11.8. The van der Waals surface area contributed by atoms with Crippen LogP contribution in [-0.4, -0.2) is 63.3 Å². The van der Waals surface area contributed by atoms with Crippen LogP contribution in [0.4, 0.5) is 5.82 Å². The Morgan fingerprint density at radius 1 is 1.71 bits per heavy atom. The summed E-state index contributed by atoms with van der Waals surface area (Å²) in [4.78, 5) is 14.8. The van der Waals surface area contributed by atoms with Crippen LogP contribution in [0.2, 0.25) is 0 Å². The van der Waals surface area contributed by atoms with Gasteiger partial charge in [0.1, 0.15) is 6.54 Å². The number of aliphatic hydroxyl groups is 1. The molecule has 1 aromatic rings. The number of nitrogen functional groups attached to an aromatic ring is 1. The predicted molar refractivity (Wildman–Crippen MR) is 57.8 cm³/mol. The topological polar surface area (TPSA) is 106 Å². The minimum absolute atomic E-state index is 0.0215. The number of amides is 1. The fourth-order valence-electron chi connectivity index (χ4n) is 1.73. The molecule has 0 aliphatic carbocycles. The van der Waals surface area contributed by atoms with E-state index in [0.29, 0.717) is 19.8 Å². The van der Waals surface area contributed by atoms with E-state index in [1.165, 1.54) is 11.0 Å². The highest BCUT2D eigenvalue weighted by Gasteiger charge is 2.26. The van der Waals surface area contributed by atoms with E-state index in [1.807, 2.05) is 0 Å². The van der Waals surface area contributed by atoms with Gasteiger partial charge in [-0.25, -0.2) is 0 Å². The van der Waals surface area contributed by atoms with E-state index in [1.54, 1.807) is 4.90 Å². The molecule has 1 aliphatic rings. The Morgan fingerprint density at radius 2 is 2.53 bits per heavy atom. The van der Waals surface area contributed by atoms with Crippen LogP contribution in [0.5, 0.6) is 0 Å². The molecule has 1 saturated heterocycles. The zero-order valence-corrected chi connectivity index (χ0v) is 9.32. The predicted octanol–water partition coefficient (Wildman–Crippen LogP) is -1.92. The Labute approximate surface area is 97.9 Å². The van der Waals surface area contributed by atoms with Gasteiger partial charge in [0.05, 0.1) is 32.1 Å². The Kier molecular flexibility index (Phi) is 3.55. The van der Waals surface area contributed by atoms with Gasteiger partial charge in [0.25, 0.3) is 0 Å². The third kappa shape index (κ3) is 2.71. The Bertz CT molecular complexity index is 394. The van der Waals surface area contributed by atoms with Crippen molar-refractivity contribution in [2.75, 3.05) is 32.1 Å². The summed E-state index contributed by atoms with van der Waals surface area (Å²) in [5.74, 6) is 0.126. The van der Waals surface area contributed by atoms with Gasteiger partial charge < -0.3 is 20.5 Å². The summed E-state index contributed by atoms with van der Waals surface area (Å²) in [6, 6.07) is -0.288. The fraction of sp³-hybridized carbons (Fsp3) is 0.667. The lowest BCUT2D eigenvalue weighted by molar-refractivity contribution is -0.142. The minimum Gasteiger partial charge on any atom is -0.394 e. The molecule has 1 atom stereocenters. The lowest BCUT2D eigenvalue weighted by Gasteiger charge is -2.34. The second-order valence-corrected chi connectivity index (χ2v) is 3.80. The van der Waals surface area contributed by atoms with Crippen LogP contribution >= 0.6 is 0 Å². The van der Waals surface area contributed by atoms with Gasteiger partial charge in [-0.1, -0.05) is 0 Å². The van der Waals surface area contributed by atoms with Gasteiger partial charge in [0.15, 0.2) is 5.82 Å². The van der Waals surface area contributed by atoms with Crippen LogP contribution < -0.4 is 5.73 Å². The molecule has 3 N–H and O–H groups in total. The zero-order chi connectivity index (χ0) is 12.3. The third-order valence-electron chi connectivity index (χ3n) is 2.59. The number of nitrogens with zero attached hydrogens (tertiary/aromatic N) is 4. The summed E-state index contributed by atoms with van der Waals surface area (Å²) >= 11 is 0. The van der Waals surface area contributed by atoms with E-state index < -0.39 is 0 Å². The van der Waals surface area contributed by atoms with Crippen molar-refractivity contribution in [1.82, 2.24) is 19.9 Å². The average molecular weight is 241 g/mol. The van der Waals surface area contributed by atoms with Crippen molar-refractivity contribution in [3.05, 3.63) is 6.20 Å². The molecule has 0 aromatic carbocycles. The molecule has 0 saturated carbocycles. The number of carbonyl (C=O) groups is 1. The summed E-state index contributed by atoms with van der Waals surface area (Å²) < 4.78 is 5.20. The molecular weight excluding hydrogens is 226 g/mol. The normalized spacial score (nSPS) is 20.5. The van der Waals surface area contributed by atoms with E-state index in [-0.39, 0.29) is 30.9 Å². The molecule has 17 heavy (non-hydrogen) atoms. The first-order valence-electron chi connectivity index (χ1n) is 5.34. The Balaban J connectivity index is 1.98. The van der Waals surface area contributed by atoms with Crippen molar-refractivity contribution in [3.63, 3.8) is 0 Å². The van der Waals surface area contributed by atoms with Gasteiger partial charge in [-0.05, 0) is 0 Å². The van der Waals surface area contributed by atoms with E-state index in [2.05, 4.69) is 10.2 Å². The SMILES string of the molecule is Nc1cnn(CC(=O)N2CCOCC2CO)n1. The molecule has 1 fully saturated rings. The van der Waals surface area contributed by atoms with Crippen molar-refractivity contribution in [2.45, 2.75) is 12.6 Å². The minimum atomic E-state index is -0.288. The smallest absolute Gasteiger partial charge is 0.246 e.